The largest absolute Gasteiger partial charge is 0.508 e. The van der Waals surface area contributed by atoms with Crippen molar-refractivity contribution in [3.8, 4) is 17.6 Å². The predicted octanol–water partition coefficient (Wildman–Crippen LogP) is 3.19. The van der Waals surface area contributed by atoms with Crippen molar-refractivity contribution in [3.05, 3.63) is 65.2 Å². The van der Waals surface area contributed by atoms with E-state index in [1.807, 2.05) is 6.07 Å². The first-order chi connectivity index (χ1) is 10.1. The van der Waals surface area contributed by atoms with Crippen molar-refractivity contribution in [1.29, 1.82) is 5.26 Å². The first kappa shape index (κ1) is 14.4. The number of phenols is 1. The summed E-state index contributed by atoms with van der Waals surface area (Å²) in [5.41, 5.74) is 1.08. The molecule has 0 fully saturated rings. The van der Waals surface area contributed by atoms with Crippen LogP contribution in [0, 0.1) is 11.3 Å². The van der Waals surface area contributed by atoms with Gasteiger partial charge in [-0.1, -0.05) is 24.3 Å². The molecule has 21 heavy (non-hydrogen) atoms. The third kappa shape index (κ3) is 3.48. The zero-order valence-electron chi connectivity index (χ0n) is 11.4. The monoisotopic (exact) mass is 279 g/mol. The van der Waals surface area contributed by atoms with Crippen LogP contribution in [0.1, 0.15) is 15.9 Å². The number of hydrogen-bond donors (Lipinski definition) is 1. The minimum absolute atomic E-state index is 0.0222. The van der Waals surface area contributed by atoms with E-state index in [0.717, 1.165) is 0 Å². The molecule has 2 aromatic carbocycles. The highest BCUT2D eigenvalue weighted by Crippen LogP contribution is 2.18. The molecule has 0 amide bonds. The molecule has 4 nitrogen and oxygen atoms in total. The quantitative estimate of drug-likeness (QED) is 0.530. The Bertz CT molecular complexity index is 724. The summed E-state index contributed by atoms with van der Waals surface area (Å²) in [6.07, 6.45) is 1.49. The maximum Gasteiger partial charge on any atom is 0.203 e. The van der Waals surface area contributed by atoms with Crippen LogP contribution in [0.3, 0.4) is 0 Å². The number of hydrogen-bond acceptors (Lipinski definition) is 4. The average Bonchev–Trinajstić information content (AvgIpc) is 2.53. The lowest BCUT2D eigenvalue weighted by Crippen LogP contribution is -2.02. The number of Topliss-reactive ketones (excluding diaryl/α,β-unsaturated/α-hetero) is 1. The number of methoxy groups -OCH3 is 1. The van der Waals surface area contributed by atoms with E-state index in [4.69, 9.17) is 4.74 Å². The number of benzene rings is 2. The fourth-order valence-electron chi connectivity index (χ4n) is 1.81. The predicted molar refractivity (Wildman–Crippen MR) is 79.0 cm³/mol. The van der Waals surface area contributed by atoms with E-state index in [1.54, 1.807) is 36.4 Å². The Balaban J connectivity index is 2.34. The Hall–Kier alpha value is -3.06. The molecule has 4 heteroatoms. The first-order valence-corrected chi connectivity index (χ1v) is 6.23. The smallest absolute Gasteiger partial charge is 0.203 e. The van der Waals surface area contributed by atoms with E-state index in [-0.39, 0.29) is 17.1 Å². The van der Waals surface area contributed by atoms with Gasteiger partial charge in [-0.15, -0.1) is 0 Å². The summed E-state index contributed by atoms with van der Waals surface area (Å²) in [7, 11) is 1.51. The molecule has 0 aliphatic rings. The molecule has 0 aliphatic carbocycles. The summed E-state index contributed by atoms with van der Waals surface area (Å²) >= 11 is 0. The van der Waals surface area contributed by atoms with Crippen molar-refractivity contribution in [2.24, 2.45) is 0 Å². The average molecular weight is 279 g/mol. The molecule has 2 rings (SSSR count). The Morgan fingerprint density at radius 2 is 1.95 bits per heavy atom. The van der Waals surface area contributed by atoms with Crippen molar-refractivity contribution >= 4 is 11.9 Å². The van der Waals surface area contributed by atoms with Crippen LogP contribution in [0.2, 0.25) is 0 Å². The fourth-order valence-corrected chi connectivity index (χ4v) is 1.81. The number of nitriles is 1. The molecule has 0 unspecified atom stereocenters. The second-order valence-electron chi connectivity index (χ2n) is 4.32. The Labute approximate surface area is 122 Å². The van der Waals surface area contributed by atoms with Crippen molar-refractivity contribution in [1.82, 2.24) is 0 Å². The van der Waals surface area contributed by atoms with Crippen molar-refractivity contribution in [3.63, 3.8) is 0 Å². The van der Waals surface area contributed by atoms with Gasteiger partial charge in [-0.3, -0.25) is 4.79 Å². The van der Waals surface area contributed by atoms with Gasteiger partial charge < -0.3 is 9.84 Å². The number of carbonyl (C=O) groups is 1. The molecule has 104 valence electrons. The Morgan fingerprint density at radius 1 is 1.24 bits per heavy atom. The summed E-state index contributed by atoms with van der Waals surface area (Å²) < 4.78 is 5.07. The second-order valence-corrected chi connectivity index (χ2v) is 4.32. The molecule has 0 heterocycles. The fraction of sp³-hybridized carbons (Fsp3) is 0.0588. The molecule has 0 bridgehead atoms. The van der Waals surface area contributed by atoms with Crippen LogP contribution in [0.25, 0.3) is 6.08 Å². The molecule has 0 aromatic heterocycles. The standard InChI is InChI=1S/C17H13NO3/c1-21-16-4-2-3-13(10-16)17(20)14(11-18)9-12-5-7-15(19)8-6-12/h2-10,19H,1H3/b14-9+. The van der Waals surface area contributed by atoms with Crippen LogP contribution in [-0.4, -0.2) is 18.0 Å². The van der Waals surface area contributed by atoms with E-state index >= 15 is 0 Å². The molecule has 0 atom stereocenters. The Morgan fingerprint density at radius 3 is 2.57 bits per heavy atom. The molecule has 0 saturated carbocycles. The second kappa shape index (κ2) is 6.40. The van der Waals surface area contributed by atoms with Gasteiger partial charge in [-0.2, -0.15) is 5.26 Å². The van der Waals surface area contributed by atoms with E-state index in [2.05, 4.69) is 0 Å². The topological polar surface area (TPSA) is 70.3 Å². The molecule has 2 aromatic rings. The van der Waals surface area contributed by atoms with Gasteiger partial charge in [0.15, 0.2) is 0 Å². The van der Waals surface area contributed by atoms with Gasteiger partial charge in [-0.25, -0.2) is 0 Å². The number of nitrogens with zero attached hydrogens (tertiary/aromatic N) is 1. The van der Waals surface area contributed by atoms with Crippen LogP contribution in [0.4, 0.5) is 0 Å². The van der Waals surface area contributed by atoms with E-state index < -0.39 is 0 Å². The zero-order chi connectivity index (χ0) is 15.2. The number of aromatic hydroxyl groups is 1. The van der Waals surface area contributed by atoms with Gasteiger partial charge in [-0.05, 0) is 35.9 Å². The molecule has 0 aliphatic heterocycles. The summed E-state index contributed by atoms with van der Waals surface area (Å²) in [6, 6.07) is 14.8. The summed E-state index contributed by atoms with van der Waals surface area (Å²) in [5, 5.41) is 18.4. The zero-order valence-corrected chi connectivity index (χ0v) is 11.4. The number of phenolic OH excluding ortho intramolecular Hbond substituents is 1. The Kier molecular flexibility index (Phi) is 4.37. The number of carbonyl (C=O) groups excluding carboxylic acids is 1. The van der Waals surface area contributed by atoms with Crippen molar-refractivity contribution < 1.29 is 14.6 Å². The molecule has 0 radical (unpaired) electrons. The first-order valence-electron chi connectivity index (χ1n) is 6.23. The lowest BCUT2D eigenvalue weighted by molar-refractivity contribution is 0.103. The normalized spacial score (nSPS) is 10.8. The third-order valence-electron chi connectivity index (χ3n) is 2.90. The van der Waals surface area contributed by atoms with Crippen LogP contribution in [0.15, 0.2) is 54.1 Å². The lowest BCUT2D eigenvalue weighted by atomic mass is 10.0. The maximum absolute atomic E-state index is 12.3. The minimum atomic E-state index is -0.371. The SMILES string of the molecule is COc1cccc(C(=O)/C(C#N)=C/c2ccc(O)cc2)c1. The highest BCUT2D eigenvalue weighted by atomic mass is 16.5. The minimum Gasteiger partial charge on any atom is -0.508 e. The van der Waals surface area contributed by atoms with Crippen LogP contribution < -0.4 is 4.74 Å². The number of allylic oxidation sites excluding steroid dienone is 1. The van der Waals surface area contributed by atoms with Gasteiger partial charge in [0.25, 0.3) is 0 Å². The van der Waals surface area contributed by atoms with E-state index in [9.17, 15) is 15.2 Å². The number of rotatable bonds is 4. The van der Waals surface area contributed by atoms with Gasteiger partial charge >= 0.3 is 0 Å². The highest BCUT2D eigenvalue weighted by Gasteiger charge is 2.12. The summed E-state index contributed by atoms with van der Waals surface area (Å²) in [4.78, 5) is 12.3. The lowest BCUT2D eigenvalue weighted by Gasteiger charge is -2.03. The summed E-state index contributed by atoms with van der Waals surface area (Å²) in [5.74, 6) is 0.317. The molecular weight excluding hydrogens is 266 g/mol. The van der Waals surface area contributed by atoms with Crippen LogP contribution in [0.5, 0.6) is 11.5 Å². The van der Waals surface area contributed by atoms with Gasteiger partial charge in [0, 0.05) is 5.56 Å². The van der Waals surface area contributed by atoms with Gasteiger partial charge in [0.2, 0.25) is 5.78 Å². The molecule has 0 saturated heterocycles. The van der Waals surface area contributed by atoms with E-state index in [1.165, 1.54) is 25.3 Å². The van der Waals surface area contributed by atoms with Gasteiger partial charge in [0.1, 0.15) is 23.1 Å². The highest BCUT2D eigenvalue weighted by molar-refractivity contribution is 6.14. The molecule has 0 spiro atoms. The van der Waals surface area contributed by atoms with Crippen LogP contribution >= 0.6 is 0 Å². The van der Waals surface area contributed by atoms with Crippen molar-refractivity contribution in [2.45, 2.75) is 0 Å². The number of ketones is 1. The number of ether oxygens (including phenoxy) is 1. The summed E-state index contributed by atoms with van der Waals surface area (Å²) in [6.45, 7) is 0. The third-order valence-corrected chi connectivity index (χ3v) is 2.90. The van der Waals surface area contributed by atoms with Gasteiger partial charge in [0.05, 0.1) is 7.11 Å². The molecule has 1 N–H and O–H groups in total. The van der Waals surface area contributed by atoms with Crippen molar-refractivity contribution in [2.75, 3.05) is 7.11 Å². The van der Waals surface area contributed by atoms with Crippen LogP contribution in [-0.2, 0) is 0 Å². The maximum atomic E-state index is 12.3. The van der Waals surface area contributed by atoms with E-state index in [0.29, 0.717) is 16.9 Å². The molecular formula is C17H13NO3.